The van der Waals surface area contributed by atoms with Gasteiger partial charge in [0.15, 0.2) is 0 Å². The van der Waals surface area contributed by atoms with E-state index in [0.717, 1.165) is 5.56 Å². The van der Waals surface area contributed by atoms with E-state index >= 15 is 0 Å². The molecular weight excluding hydrogens is 390 g/mol. The minimum Gasteiger partial charge on any atom is -0.365 e. The Morgan fingerprint density at radius 1 is 1.41 bits per heavy atom. The summed E-state index contributed by atoms with van der Waals surface area (Å²) in [4.78, 5) is 14.2. The highest BCUT2D eigenvalue weighted by Gasteiger charge is 2.65. The van der Waals surface area contributed by atoms with Crippen LogP contribution >= 0.6 is 11.6 Å². The van der Waals surface area contributed by atoms with Crippen LogP contribution in [0.25, 0.3) is 0 Å². The molecule has 3 atom stereocenters. The van der Waals surface area contributed by atoms with Crippen LogP contribution < -0.4 is 5.32 Å². The van der Waals surface area contributed by atoms with Crippen LogP contribution in [0.3, 0.4) is 0 Å². The van der Waals surface area contributed by atoms with E-state index in [1.807, 2.05) is 26.0 Å². The molecule has 0 aromatic heterocycles. The summed E-state index contributed by atoms with van der Waals surface area (Å²) in [5.41, 5.74) is -0.0153. The lowest BCUT2D eigenvalue weighted by atomic mass is 9.99. The lowest BCUT2D eigenvalue weighted by Gasteiger charge is -2.39. The van der Waals surface area contributed by atoms with Crippen LogP contribution in [0.2, 0.25) is 5.02 Å². The number of amides is 2. The third kappa shape index (κ3) is 3.33. The van der Waals surface area contributed by atoms with E-state index in [4.69, 9.17) is 16.3 Å². The molecule has 2 amide bonds. The topological polar surface area (TPSA) is 79.0 Å². The highest BCUT2D eigenvalue weighted by Crippen LogP contribution is 2.47. The van der Waals surface area contributed by atoms with Crippen LogP contribution in [-0.4, -0.2) is 66.3 Å². The van der Waals surface area contributed by atoms with Crippen LogP contribution in [0.4, 0.5) is 4.79 Å². The largest absolute Gasteiger partial charge is 0.365 e. The maximum absolute atomic E-state index is 13.1. The number of ether oxygens (including phenoxy) is 1. The molecule has 0 unspecified atom stereocenters. The summed E-state index contributed by atoms with van der Waals surface area (Å²) < 4.78 is 33.9. The average Bonchev–Trinajstić information content (AvgIpc) is 2.93. The fourth-order valence-electron chi connectivity index (χ4n) is 4.42. The number of benzene rings is 1. The average molecular weight is 414 g/mol. The van der Waals surface area contributed by atoms with E-state index < -0.39 is 20.9 Å². The Morgan fingerprint density at radius 3 is 2.89 bits per heavy atom. The van der Waals surface area contributed by atoms with Crippen molar-refractivity contribution in [1.82, 2.24) is 14.5 Å². The van der Waals surface area contributed by atoms with Gasteiger partial charge in [0.25, 0.3) is 0 Å². The molecule has 3 saturated heterocycles. The predicted molar refractivity (Wildman–Crippen MR) is 102 cm³/mol. The zero-order valence-electron chi connectivity index (χ0n) is 15.4. The minimum atomic E-state index is -3.50. The fraction of sp³-hybridized carbons (Fsp3) is 0.611. The number of carbonyl (C=O) groups excluding carboxylic acids is 1. The van der Waals surface area contributed by atoms with Gasteiger partial charge in [-0.25, -0.2) is 13.2 Å². The SMILES string of the molecule is CC(C)NC(=O)N1C[C@@H]2C[C@@H]3[C@@](C1)(CN(Cc1cccc(Cl)c1)S3(=O)=O)O2. The van der Waals surface area contributed by atoms with Crippen molar-refractivity contribution in [2.75, 3.05) is 19.6 Å². The van der Waals surface area contributed by atoms with E-state index in [1.165, 1.54) is 4.31 Å². The first-order valence-corrected chi connectivity index (χ1v) is 11.0. The first-order valence-electron chi connectivity index (χ1n) is 9.16. The summed E-state index contributed by atoms with van der Waals surface area (Å²) in [6, 6.07) is 7.07. The van der Waals surface area contributed by atoms with Crippen LogP contribution in [0.5, 0.6) is 0 Å². The molecular formula is C18H24ClN3O4S. The Bertz CT molecular complexity index is 862. The van der Waals surface area contributed by atoms with Crippen LogP contribution in [-0.2, 0) is 21.3 Å². The molecule has 1 N–H and O–H groups in total. The van der Waals surface area contributed by atoms with E-state index in [1.54, 1.807) is 17.0 Å². The highest BCUT2D eigenvalue weighted by atomic mass is 35.5. The number of likely N-dealkylation sites (tertiary alicyclic amines) is 1. The third-order valence-electron chi connectivity index (χ3n) is 5.46. The lowest BCUT2D eigenvalue weighted by molar-refractivity contribution is -0.0959. The highest BCUT2D eigenvalue weighted by molar-refractivity contribution is 7.90. The van der Waals surface area contributed by atoms with Gasteiger partial charge in [0.05, 0.1) is 12.6 Å². The Labute approximate surface area is 164 Å². The third-order valence-corrected chi connectivity index (χ3v) is 8.01. The smallest absolute Gasteiger partial charge is 0.317 e. The summed E-state index contributed by atoms with van der Waals surface area (Å²) >= 11 is 6.03. The van der Waals surface area contributed by atoms with E-state index in [2.05, 4.69) is 5.32 Å². The van der Waals surface area contributed by atoms with Gasteiger partial charge in [0.1, 0.15) is 10.9 Å². The quantitative estimate of drug-likeness (QED) is 0.819. The van der Waals surface area contributed by atoms with Crippen molar-refractivity contribution in [2.24, 2.45) is 0 Å². The summed E-state index contributed by atoms with van der Waals surface area (Å²) in [6.45, 7) is 5.04. The van der Waals surface area contributed by atoms with Crippen molar-refractivity contribution >= 4 is 27.7 Å². The van der Waals surface area contributed by atoms with Crippen molar-refractivity contribution in [1.29, 1.82) is 0 Å². The second-order valence-electron chi connectivity index (χ2n) is 7.96. The van der Waals surface area contributed by atoms with Crippen LogP contribution in [0.15, 0.2) is 24.3 Å². The molecule has 0 saturated carbocycles. The standard InChI is InChI=1S/C18H24ClN3O4S/c1-12(2)20-17(23)21-9-15-7-16-18(10-21,26-15)11-22(27(16,24)25)8-13-4-3-5-14(19)6-13/h3-6,12,15-16H,7-11H2,1-2H3,(H,20,23)/t15-,16+,18+/m0/s1. The molecule has 2 bridgehead atoms. The second kappa shape index (κ2) is 6.62. The number of nitrogens with one attached hydrogen (secondary N) is 1. The summed E-state index contributed by atoms with van der Waals surface area (Å²) in [7, 11) is -3.50. The number of nitrogens with zero attached hydrogens (tertiary/aromatic N) is 2. The molecule has 3 heterocycles. The Morgan fingerprint density at radius 2 is 2.19 bits per heavy atom. The zero-order chi connectivity index (χ0) is 19.4. The number of sulfonamides is 1. The van der Waals surface area contributed by atoms with Gasteiger partial charge in [0.2, 0.25) is 10.0 Å². The normalized spacial score (nSPS) is 31.9. The Balaban J connectivity index is 1.57. The van der Waals surface area contributed by atoms with Crippen LogP contribution in [0.1, 0.15) is 25.8 Å². The van der Waals surface area contributed by atoms with E-state index in [0.29, 0.717) is 18.0 Å². The number of fused-ring (bicyclic) bond motifs is 1. The number of rotatable bonds is 3. The van der Waals surface area contributed by atoms with Gasteiger partial charge >= 0.3 is 6.03 Å². The Hall–Kier alpha value is -1.35. The van der Waals surface area contributed by atoms with E-state index in [9.17, 15) is 13.2 Å². The van der Waals surface area contributed by atoms with Gasteiger partial charge in [-0.15, -0.1) is 0 Å². The Kier molecular flexibility index (Phi) is 4.65. The second-order valence-corrected chi connectivity index (χ2v) is 10.5. The molecule has 1 aromatic carbocycles. The molecule has 0 aliphatic carbocycles. The first-order chi connectivity index (χ1) is 12.7. The number of urea groups is 1. The molecule has 27 heavy (non-hydrogen) atoms. The molecule has 0 radical (unpaired) electrons. The fourth-order valence-corrected chi connectivity index (χ4v) is 6.93. The van der Waals surface area contributed by atoms with Gasteiger partial charge in [0, 0.05) is 30.7 Å². The van der Waals surface area contributed by atoms with Gasteiger partial charge in [-0.2, -0.15) is 4.31 Å². The molecule has 1 aromatic rings. The number of morpholine rings is 1. The van der Waals surface area contributed by atoms with Gasteiger partial charge in [-0.05, 0) is 38.0 Å². The van der Waals surface area contributed by atoms with Gasteiger partial charge in [-0.1, -0.05) is 23.7 Å². The summed E-state index contributed by atoms with van der Waals surface area (Å²) in [5, 5.41) is 2.86. The first kappa shape index (κ1) is 19.0. The maximum atomic E-state index is 13.1. The number of hydrogen-bond acceptors (Lipinski definition) is 4. The minimum absolute atomic E-state index is 0.0259. The molecule has 7 nitrogen and oxygen atoms in total. The van der Waals surface area contributed by atoms with Gasteiger partial charge < -0.3 is 15.0 Å². The van der Waals surface area contributed by atoms with E-state index in [-0.39, 0.29) is 37.8 Å². The zero-order valence-corrected chi connectivity index (χ0v) is 17.0. The summed E-state index contributed by atoms with van der Waals surface area (Å²) in [5.74, 6) is 0. The molecule has 148 valence electrons. The molecule has 1 spiro atoms. The van der Waals surface area contributed by atoms with Crippen molar-refractivity contribution < 1.29 is 17.9 Å². The molecule has 3 aliphatic heterocycles. The number of hydrogen-bond donors (Lipinski definition) is 1. The molecule has 3 fully saturated rings. The summed E-state index contributed by atoms with van der Waals surface area (Å²) in [6.07, 6.45) is 0.199. The lowest BCUT2D eigenvalue weighted by Crippen LogP contribution is -2.58. The van der Waals surface area contributed by atoms with Crippen LogP contribution in [0, 0.1) is 0 Å². The number of halogens is 1. The maximum Gasteiger partial charge on any atom is 0.317 e. The molecule has 9 heteroatoms. The molecule has 3 aliphatic rings. The monoisotopic (exact) mass is 413 g/mol. The van der Waals surface area contributed by atoms with Crippen molar-refractivity contribution in [3.8, 4) is 0 Å². The van der Waals surface area contributed by atoms with Crippen molar-refractivity contribution in [3.05, 3.63) is 34.9 Å². The van der Waals surface area contributed by atoms with Crippen molar-refractivity contribution in [3.63, 3.8) is 0 Å². The molecule has 4 rings (SSSR count). The predicted octanol–water partition coefficient (Wildman–Crippen LogP) is 1.82. The van der Waals surface area contributed by atoms with Crippen molar-refractivity contribution in [2.45, 2.75) is 49.8 Å². The number of carbonyl (C=O) groups is 1. The van der Waals surface area contributed by atoms with Gasteiger partial charge in [-0.3, -0.25) is 0 Å².